The van der Waals surface area contributed by atoms with Crippen LogP contribution in [0.1, 0.15) is 57.9 Å². The number of rotatable bonds is 5. The fraction of sp³-hybridized carbons (Fsp3) is 0.259. The molecule has 1 aliphatic heterocycles. The van der Waals surface area contributed by atoms with Crippen LogP contribution in [-0.2, 0) is 0 Å². The summed E-state index contributed by atoms with van der Waals surface area (Å²) in [6.45, 7) is -2.43. The number of benzene rings is 2. The molecule has 12 heteroatoms. The van der Waals surface area contributed by atoms with E-state index in [1.165, 1.54) is 29.4 Å². The molecule has 2 N–H and O–H groups in total. The van der Waals surface area contributed by atoms with Crippen LogP contribution in [0.25, 0.3) is 16.6 Å². The molecule has 3 atom stereocenters. The zero-order valence-electron chi connectivity index (χ0n) is 20.6. The molecule has 1 amide bonds. The molecule has 0 radical (unpaired) electrons. The molecule has 0 bridgehead atoms. The standard InChI is InChI=1S/C27H22F3N7O2/c1-35(26(38)18-6-21-20(7-19(18)28)34-25(31)22-9-32-12-36(21)22)23-11-39-24-4-13(2-3-15(23)24)16-5-17(16)14-8-33-37(10-14)27(29)30/h2-4,6-10,12,16-17,23,27H,5,11H2,1H3,(H2,31,34)/t16-,17-,23+/m0/s1. The van der Waals surface area contributed by atoms with Crippen molar-refractivity contribution >= 4 is 28.3 Å². The van der Waals surface area contributed by atoms with Gasteiger partial charge in [0.1, 0.15) is 29.5 Å². The zero-order chi connectivity index (χ0) is 27.0. The van der Waals surface area contributed by atoms with Gasteiger partial charge in [-0.15, -0.1) is 0 Å². The summed E-state index contributed by atoms with van der Waals surface area (Å²) >= 11 is 0. The van der Waals surface area contributed by atoms with Gasteiger partial charge in [0.25, 0.3) is 5.91 Å². The van der Waals surface area contributed by atoms with Crippen LogP contribution in [0.3, 0.4) is 0 Å². The highest BCUT2D eigenvalue weighted by Gasteiger charge is 2.42. The van der Waals surface area contributed by atoms with Crippen LogP contribution in [0.15, 0.2) is 55.2 Å². The third-order valence-corrected chi connectivity index (χ3v) is 7.75. The minimum Gasteiger partial charge on any atom is -0.491 e. The minimum atomic E-state index is -2.66. The lowest BCUT2D eigenvalue weighted by Crippen LogP contribution is -2.32. The van der Waals surface area contributed by atoms with Gasteiger partial charge in [-0.25, -0.2) is 19.0 Å². The number of fused-ring (bicyclic) bond motifs is 4. The van der Waals surface area contributed by atoms with Crippen molar-refractivity contribution in [2.24, 2.45) is 0 Å². The molecule has 0 unspecified atom stereocenters. The van der Waals surface area contributed by atoms with Crippen LogP contribution in [-0.4, -0.2) is 48.6 Å². The van der Waals surface area contributed by atoms with Gasteiger partial charge in [0.15, 0.2) is 0 Å². The number of hydrogen-bond acceptors (Lipinski definition) is 6. The van der Waals surface area contributed by atoms with Crippen LogP contribution < -0.4 is 10.5 Å². The number of nitrogens with zero attached hydrogens (tertiary/aromatic N) is 6. The summed E-state index contributed by atoms with van der Waals surface area (Å²) in [5, 5.41) is 3.74. The average molecular weight is 534 g/mol. The summed E-state index contributed by atoms with van der Waals surface area (Å²) in [4.78, 5) is 23.3. The predicted molar refractivity (Wildman–Crippen MR) is 135 cm³/mol. The Morgan fingerprint density at radius 3 is 2.77 bits per heavy atom. The zero-order valence-corrected chi connectivity index (χ0v) is 20.6. The van der Waals surface area contributed by atoms with Gasteiger partial charge in [-0.2, -0.15) is 13.9 Å². The van der Waals surface area contributed by atoms with Gasteiger partial charge >= 0.3 is 6.55 Å². The maximum atomic E-state index is 15.1. The van der Waals surface area contributed by atoms with Crippen molar-refractivity contribution in [2.45, 2.75) is 30.8 Å². The summed E-state index contributed by atoms with van der Waals surface area (Å²) in [7, 11) is 1.62. The molecule has 2 aliphatic rings. The summed E-state index contributed by atoms with van der Waals surface area (Å²) in [5.74, 6) is -0.0135. The Kier molecular flexibility index (Phi) is 5.09. The van der Waals surface area contributed by atoms with Gasteiger partial charge in [-0.3, -0.25) is 9.20 Å². The van der Waals surface area contributed by atoms with Crippen molar-refractivity contribution in [3.8, 4) is 5.75 Å². The fourth-order valence-electron chi connectivity index (χ4n) is 5.54. The van der Waals surface area contributed by atoms with Crippen molar-refractivity contribution in [2.75, 3.05) is 19.4 Å². The molecule has 5 aromatic rings. The van der Waals surface area contributed by atoms with E-state index in [0.29, 0.717) is 27.0 Å². The quantitative estimate of drug-likeness (QED) is 0.352. The Morgan fingerprint density at radius 1 is 1.15 bits per heavy atom. The molecule has 1 fully saturated rings. The third-order valence-electron chi connectivity index (χ3n) is 7.75. The van der Waals surface area contributed by atoms with E-state index in [2.05, 4.69) is 15.1 Å². The first-order valence-corrected chi connectivity index (χ1v) is 12.4. The smallest absolute Gasteiger partial charge is 0.333 e. The van der Waals surface area contributed by atoms with Crippen molar-refractivity contribution in [1.29, 1.82) is 0 Å². The Morgan fingerprint density at radius 2 is 1.97 bits per heavy atom. The molecule has 0 saturated heterocycles. The van der Waals surface area contributed by atoms with Crippen molar-refractivity contribution < 1.29 is 22.7 Å². The summed E-state index contributed by atoms with van der Waals surface area (Å²) in [6, 6.07) is 8.10. The fourth-order valence-corrected chi connectivity index (χ4v) is 5.54. The number of hydrogen-bond donors (Lipinski definition) is 1. The molecule has 4 heterocycles. The topological polar surface area (TPSA) is 104 Å². The SMILES string of the molecule is CN(C(=O)c1cc2c(cc1F)nc(N)c1cncn12)[C@@H]1COc2cc([C@@H]3C[C@H]3c3cnn(C(F)F)c3)ccc21. The number of likely N-dealkylation sites (N-methyl/N-ethyl adjacent to an activating group) is 1. The molecule has 1 aliphatic carbocycles. The number of alkyl halides is 2. The number of nitrogen functional groups attached to an aromatic ring is 1. The van der Waals surface area contributed by atoms with Gasteiger partial charge in [-0.1, -0.05) is 12.1 Å². The lowest BCUT2D eigenvalue weighted by Gasteiger charge is -2.24. The second-order valence-corrected chi connectivity index (χ2v) is 9.99. The maximum Gasteiger partial charge on any atom is 0.333 e. The molecule has 39 heavy (non-hydrogen) atoms. The molecule has 2 aromatic carbocycles. The predicted octanol–water partition coefficient (Wildman–Crippen LogP) is 4.67. The molecule has 0 spiro atoms. The summed E-state index contributed by atoms with van der Waals surface area (Å²) < 4.78 is 49.1. The van der Waals surface area contributed by atoms with E-state index in [9.17, 15) is 13.6 Å². The van der Waals surface area contributed by atoms with Crippen LogP contribution in [0.5, 0.6) is 5.75 Å². The summed E-state index contributed by atoms with van der Waals surface area (Å²) in [6.07, 6.45) is 6.82. The Hall–Kier alpha value is -4.61. The second-order valence-electron chi connectivity index (χ2n) is 9.99. The first kappa shape index (κ1) is 23.5. The Balaban J connectivity index is 1.14. The van der Waals surface area contributed by atoms with E-state index in [-0.39, 0.29) is 29.8 Å². The number of carbonyl (C=O) groups excluding carboxylic acids is 1. The third kappa shape index (κ3) is 3.69. The molecule has 198 valence electrons. The monoisotopic (exact) mass is 533 g/mol. The number of nitrogens with two attached hydrogens (primary N) is 1. The van der Waals surface area contributed by atoms with E-state index in [4.69, 9.17) is 10.5 Å². The van der Waals surface area contributed by atoms with E-state index >= 15 is 4.39 Å². The second kappa shape index (κ2) is 8.45. The molecule has 3 aromatic heterocycles. The lowest BCUT2D eigenvalue weighted by atomic mass is 10.0. The molecule has 1 saturated carbocycles. The van der Waals surface area contributed by atoms with E-state index in [1.807, 2.05) is 18.2 Å². The van der Waals surface area contributed by atoms with Gasteiger partial charge in [0, 0.05) is 24.9 Å². The number of aromatic nitrogens is 5. The highest BCUT2D eigenvalue weighted by Crippen LogP contribution is 2.55. The van der Waals surface area contributed by atoms with Crippen molar-refractivity contribution in [3.05, 3.63) is 83.3 Å². The number of imidazole rings is 1. The van der Waals surface area contributed by atoms with Gasteiger partial charge in [0.2, 0.25) is 0 Å². The number of amides is 1. The van der Waals surface area contributed by atoms with Gasteiger partial charge < -0.3 is 15.4 Å². The Labute approximate surface area is 219 Å². The number of anilines is 1. The van der Waals surface area contributed by atoms with Crippen LogP contribution in [0, 0.1) is 5.82 Å². The van der Waals surface area contributed by atoms with Crippen molar-refractivity contribution in [1.82, 2.24) is 29.0 Å². The van der Waals surface area contributed by atoms with E-state index in [1.54, 1.807) is 24.0 Å². The van der Waals surface area contributed by atoms with Crippen molar-refractivity contribution in [3.63, 3.8) is 0 Å². The molecular weight excluding hydrogens is 511 g/mol. The number of halogens is 3. The van der Waals surface area contributed by atoms with Gasteiger partial charge in [-0.05, 0) is 41.5 Å². The first-order chi connectivity index (χ1) is 18.8. The van der Waals surface area contributed by atoms with Crippen LogP contribution >= 0.6 is 0 Å². The highest BCUT2D eigenvalue weighted by atomic mass is 19.3. The minimum absolute atomic E-state index is 0.0955. The van der Waals surface area contributed by atoms with Gasteiger partial charge in [0.05, 0.1) is 41.4 Å². The molecule has 9 nitrogen and oxygen atoms in total. The highest BCUT2D eigenvalue weighted by molar-refractivity contribution is 5.98. The van der Waals surface area contributed by atoms with Crippen LogP contribution in [0.2, 0.25) is 0 Å². The number of ether oxygens (including phenoxy) is 1. The maximum absolute atomic E-state index is 15.1. The Bertz CT molecular complexity index is 1780. The molecular formula is C27H22F3N7O2. The first-order valence-electron chi connectivity index (χ1n) is 12.4. The average Bonchev–Trinajstić information content (AvgIpc) is 3.30. The van der Waals surface area contributed by atoms with E-state index < -0.39 is 24.3 Å². The largest absolute Gasteiger partial charge is 0.491 e. The van der Waals surface area contributed by atoms with Crippen LogP contribution in [0.4, 0.5) is 19.0 Å². The number of carbonyl (C=O) groups is 1. The van der Waals surface area contributed by atoms with E-state index in [0.717, 1.165) is 23.1 Å². The lowest BCUT2D eigenvalue weighted by molar-refractivity contribution is 0.0565. The normalized spacial score (nSPS) is 20.0. The molecule has 7 rings (SSSR count). The summed E-state index contributed by atoms with van der Waals surface area (Å²) in [5.41, 5.74) is 9.91.